The Hall–Kier alpha value is -3.16. The summed E-state index contributed by atoms with van der Waals surface area (Å²) in [6.07, 6.45) is 1.52. The quantitative estimate of drug-likeness (QED) is 0.517. The van der Waals surface area contributed by atoms with E-state index in [1.54, 1.807) is 24.3 Å². The Balaban J connectivity index is 1.61. The van der Waals surface area contributed by atoms with Gasteiger partial charge in [0.15, 0.2) is 11.9 Å². The van der Waals surface area contributed by atoms with Crippen molar-refractivity contribution in [2.75, 3.05) is 25.5 Å². The van der Waals surface area contributed by atoms with Crippen molar-refractivity contribution in [2.45, 2.75) is 62.7 Å². The number of carbonyl (C=O) groups is 2. The zero-order chi connectivity index (χ0) is 26.0. The third-order valence-electron chi connectivity index (χ3n) is 6.62. The lowest BCUT2D eigenvalue weighted by atomic mass is 9.92. The molecular weight excluding hydrogens is 488 g/mol. The molecule has 1 aromatic carbocycles. The molecular formula is C23H32N6O6S. The van der Waals surface area contributed by atoms with Gasteiger partial charge in [-0.05, 0) is 63.8 Å². The second-order valence-electron chi connectivity index (χ2n) is 9.12. The number of aryl methyl sites for hydroxylation is 2. The standard InChI is InChI=1S/C23H32N6O6S/c1-14-20(15(2)35-27-14)36(32,33)29-13-12-28(23(31)26-18-8-10-19(34-3)11-9-18)22(29)21(30)25-17-6-4-16(24)5-7-17/h8-11,16-17,22H,4-7,12-13,24H2,1-3H3,(H,25,30)(H,26,31). The van der Waals surface area contributed by atoms with Crippen molar-refractivity contribution in [1.29, 1.82) is 0 Å². The maximum atomic E-state index is 13.6. The molecule has 1 aliphatic heterocycles. The first-order valence-corrected chi connectivity index (χ1v) is 13.3. The number of nitrogens with one attached hydrogen (secondary N) is 2. The molecule has 4 N–H and O–H groups in total. The van der Waals surface area contributed by atoms with E-state index >= 15 is 0 Å². The minimum absolute atomic E-state index is 0.0260. The van der Waals surface area contributed by atoms with E-state index in [4.69, 9.17) is 15.0 Å². The van der Waals surface area contributed by atoms with Gasteiger partial charge >= 0.3 is 6.03 Å². The number of nitrogens with two attached hydrogens (primary N) is 1. The van der Waals surface area contributed by atoms with Crippen molar-refractivity contribution in [3.8, 4) is 5.75 Å². The smallest absolute Gasteiger partial charge is 0.323 e. The zero-order valence-corrected chi connectivity index (χ0v) is 21.4. The van der Waals surface area contributed by atoms with Gasteiger partial charge in [-0.2, -0.15) is 4.31 Å². The number of amides is 3. The van der Waals surface area contributed by atoms with Gasteiger partial charge in [0.25, 0.3) is 15.9 Å². The summed E-state index contributed by atoms with van der Waals surface area (Å²) in [4.78, 5) is 27.9. The van der Waals surface area contributed by atoms with Gasteiger partial charge in [0.05, 0.1) is 7.11 Å². The summed E-state index contributed by atoms with van der Waals surface area (Å²) in [5.74, 6) is 0.178. The number of hydrogen-bond acceptors (Lipinski definition) is 8. The number of sulfonamides is 1. The van der Waals surface area contributed by atoms with Crippen LogP contribution in [0.25, 0.3) is 0 Å². The van der Waals surface area contributed by atoms with Crippen LogP contribution in [-0.2, 0) is 14.8 Å². The molecule has 36 heavy (non-hydrogen) atoms. The van der Waals surface area contributed by atoms with Gasteiger partial charge in [-0.3, -0.25) is 9.69 Å². The van der Waals surface area contributed by atoms with Crippen molar-refractivity contribution < 1.29 is 27.3 Å². The lowest BCUT2D eigenvalue weighted by molar-refractivity contribution is -0.128. The SMILES string of the molecule is COc1ccc(NC(=O)N2CCN(S(=O)(=O)c3c(C)noc3C)C2C(=O)NC2CCC(N)CC2)cc1. The lowest BCUT2D eigenvalue weighted by Gasteiger charge is -2.32. The van der Waals surface area contributed by atoms with Gasteiger partial charge in [-0.15, -0.1) is 0 Å². The normalized spacial score (nSPS) is 22.9. The van der Waals surface area contributed by atoms with Crippen LogP contribution in [0.4, 0.5) is 10.5 Å². The van der Waals surface area contributed by atoms with Gasteiger partial charge in [0, 0.05) is 30.9 Å². The molecule has 2 aliphatic rings. The monoisotopic (exact) mass is 520 g/mol. The fraction of sp³-hybridized carbons (Fsp3) is 0.522. The zero-order valence-electron chi connectivity index (χ0n) is 20.6. The number of hydrogen-bond donors (Lipinski definition) is 3. The first-order chi connectivity index (χ1) is 17.1. The maximum Gasteiger partial charge on any atom is 0.323 e. The van der Waals surface area contributed by atoms with E-state index in [2.05, 4.69) is 15.8 Å². The van der Waals surface area contributed by atoms with E-state index in [0.717, 1.165) is 17.1 Å². The molecule has 1 aromatic heterocycles. The summed E-state index contributed by atoms with van der Waals surface area (Å²) in [6.45, 7) is 2.99. The molecule has 13 heteroatoms. The van der Waals surface area contributed by atoms with Crippen molar-refractivity contribution in [1.82, 2.24) is 19.7 Å². The lowest BCUT2D eigenvalue weighted by Crippen LogP contribution is -2.56. The molecule has 196 valence electrons. The summed E-state index contributed by atoms with van der Waals surface area (Å²) < 4.78 is 38.5. The Kier molecular flexibility index (Phi) is 7.52. The van der Waals surface area contributed by atoms with Gasteiger partial charge in [-0.1, -0.05) is 5.16 Å². The van der Waals surface area contributed by atoms with Crippen molar-refractivity contribution in [3.63, 3.8) is 0 Å². The molecule has 4 rings (SSSR count). The molecule has 0 radical (unpaired) electrons. The summed E-state index contributed by atoms with van der Waals surface area (Å²) >= 11 is 0. The van der Waals surface area contributed by atoms with Crippen molar-refractivity contribution in [2.24, 2.45) is 5.73 Å². The molecule has 2 fully saturated rings. The molecule has 3 amide bonds. The number of carbonyl (C=O) groups excluding carboxylic acids is 2. The predicted molar refractivity (Wildman–Crippen MR) is 131 cm³/mol. The fourth-order valence-electron chi connectivity index (χ4n) is 4.71. The molecule has 0 bridgehead atoms. The van der Waals surface area contributed by atoms with Crippen LogP contribution in [-0.4, -0.2) is 73.2 Å². The first kappa shape index (κ1) is 25.9. The van der Waals surface area contributed by atoms with Gasteiger partial charge in [-0.25, -0.2) is 13.2 Å². The highest BCUT2D eigenvalue weighted by Gasteiger charge is 2.48. The van der Waals surface area contributed by atoms with E-state index in [1.807, 2.05) is 0 Å². The Labute approximate surface area is 210 Å². The summed E-state index contributed by atoms with van der Waals surface area (Å²) in [5.41, 5.74) is 6.65. The van der Waals surface area contributed by atoms with Crippen LogP contribution in [0.5, 0.6) is 5.75 Å². The van der Waals surface area contributed by atoms with Crippen LogP contribution >= 0.6 is 0 Å². The minimum Gasteiger partial charge on any atom is -0.497 e. The topological polar surface area (TPSA) is 160 Å². The highest BCUT2D eigenvalue weighted by molar-refractivity contribution is 7.89. The van der Waals surface area contributed by atoms with Crippen molar-refractivity contribution in [3.05, 3.63) is 35.7 Å². The Bertz CT molecular complexity index is 1190. The first-order valence-electron chi connectivity index (χ1n) is 11.8. The molecule has 1 atom stereocenters. The summed E-state index contributed by atoms with van der Waals surface area (Å²) in [5, 5.41) is 9.44. The molecule has 12 nitrogen and oxygen atoms in total. The van der Waals surface area contributed by atoms with E-state index in [0.29, 0.717) is 24.3 Å². The second kappa shape index (κ2) is 10.4. The van der Waals surface area contributed by atoms with Crippen LogP contribution in [0, 0.1) is 13.8 Å². The Morgan fingerprint density at radius 1 is 1.11 bits per heavy atom. The number of nitrogens with zero attached hydrogens (tertiary/aromatic N) is 3. The second-order valence-corrected chi connectivity index (χ2v) is 10.9. The van der Waals surface area contributed by atoms with Crippen LogP contribution in [0.3, 0.4) is 0 Å². The highest BCUT2D eigenvalue weighted by Crippen LogP contribution is 2.30. The molecule has 1 aliphatic carbocycles. The number of methoxy groups -OCH3 is 1. The maximum absolute atomic E-state index is 13.6. The number of ether oxygens (including phenoxy) is 1. The number of benzene rings is 1. The molecule has 2 heterocycles. The van der Waals surface area contributed by atoms with Crippen LogP contribution < -0.4 is 21.1 Å². The molecule has 0 spiro atoms. The Morgan fingerprint density at radius 2 is 1.78 bits per heavy atom. The fourth-order valence-corrected chi connectivity index (χ4v) is 6.55. The van der Waals surface area contributed by atoms with Gasteiger partial charge in [0.2, 0.25) is 0 Å². The molecule has 1 saturated heterocycles. The third-order valence-corrected chi connectivity index (χ3v) is 8.72. The van der Waals surface area contributed by atoms with E-state index in [9.17, 15) is 18.0 Å². The summed E-state index contributed by atoms with van der Waals surface area (Å²) in [6, 6.07) is 6.04. The summed E-state index contributed by atoms with van der Waals surface area (Å²) in [7, 11) is -2.65. The third kappa shape index (κ3) is 5.18. The number of aromatic nitrogens is 1. The average molecular weight is 521 g/mol. The number of urea groups is 1. The van der Waals surface area contributed by atoms with E-state index in [-0.39, 0.29) is 41.5 Å². The molecule has 2 aromatic rings. The van der Waals surface area contributed by atoms with Gasteiger partial charge in [0.1, 0.15) is 16.3 Å². The minimum atomic E-state index is -4.19. The molecule has 1 saturated carbocycles. The van der Waals surface area contributed by atoms with Crippen molar-refractivity contribution >= 4 is 27.6 Å². The predicted octanol–water partition coefficient (Wildman–Crippen LogP) is 1.55. The molecule has 1 unspecified atom stereocenters. The van der Waals surface area contributed by atoms with Gasteiger partial charge < -0.3 is 25.6 Å². The Morgan fingerprint density at radius 3 is 2.36 bits per heavy atom. The largest absolute Gasteiger partial charge is 0.497 e. The number of rotatable bonds is 6. The highest BCUT2D eigenvalue weighted by atomic mass is 32.2. The van der Waals surface area contributed by atoms with Crippen LogP contribution in [0.15, 0.2) is 33.7 Å². The number of anilines is 1. The van der Waals surface area contributed by atoms with E-state index < -0.39 is 28.1 Å². The average Bonchev–Trinajstić information content (AvgIpc) is 3.45. The van der Waals surface area contributed by atoms with Crippen LogP contribution in [0.2, 0.25) is 0 Å². The van der Waals surface area contributed by atoms with Crippen LogP contribution in [0.1, 0.15) is 37.1 Å². The van der Waals surface area contributed by atoms with E-state index in [1.165, 1.54) is 25.9 Å².